The second-order valence-corrected chi connectivity index (χ2v) is 8.01. The van der Waals surface area contributed by atoms with Gasteiger partial charge >= 0.3 is 6.03 Å². The fraction of sp³-hybridized carbons (Fsp3) is 0.444. The zero-order chi connectivity index (χ0) is 17.9. The molecule has 7 heteroatoms. The van der Waals surface area contributed by atoms with Crippen molar-refractivity contribution in [3.63, 3.8) is 0 Å². The lowest BCUT2D eigenvalue weighted by molar-refractivity contribution is 0.262. The predicted octanol–water partition coefficient (Wildman–Crippen LogP) is 3.49. The molecule has 1 aliphatic heterocycles. The first-order valence-electron chi connectivity index (χ1n) is 8.51. The van der Waals surface area contributed by atoms with Crippen molar-refractivity contribution >= 4 is 33.9 Å². The number of piperazine rings is 1. The smallest absolute Gasteiger partial charge is 0.325 e. The Kier molecular flexibility index (Phi) is 5.24. The van der Waals surface area contributed by atoms with E-state index in [0.717, 1.165) is 37.6 Å². The molecular weight excluding hydrogens is 334 g/mol. The van der Waals surface area contributed by atoms with Gasteiger partial charge in [-0.3, -0.25) is 5.32 Å². The molecule has 0 atom stereocenters. The highest BCUT2D eigenvalue weighted by Crippen LogP contribution is 2.26. The lowest BCUT2D eigenvalue weighted by Crippen LogP contribution is -2.43. The Hall–Kier alpha value is -2.12. The molecule has 3 N–H and O–H groups in total. The molecule has 3 rings (SSSR count). The Labute approximate surface area is 152 Å². The van der Waals surface area contributed by atoms with Crippen molar-refractivity contribution in [2.75, 3.05) is 41.7 Å². The van der Waals surface area contributed by atoms with E-state index in [9.17, 15) is 4.79 Å². The van der Waals surface area contributed by atoms with Crippen LogP contribution in [0.5, 0.6) is 0 Å². The zero-order valence-corrected chi connectivity index (χ0v) is 15.7. The Morgan fingerprint density at radius 3 is 2.44 bits per heavy atom. The third-order valence-corrected chi connectivity index (χ3v) is 4.86. The molecule has 0 aliphatic carbocycles. The molecule has 1 aromatic carbocycles. The number of nitrogens with one attached hydrogen (secondary N) is 3. The summed E-state index contributed by atoms with van der Waals surface area (Å²) in [7, 11) is 0. The Bertz CT molecular complexity index is 714. The third-order valence-electron chi connectivity index (χ3n) is 4.10. The number of carbonyl (C=O) groups is 1. The summed E-state index contributed by atoms with van der Waals surface area (Å²) in [5.41, 5.74) is 2.91. The first-order valence-corrected chi connectivity index (χ1v) is 9.39. The van der Waals surface area contributed by atoms with Crippen LogP contribution in [0.3, 0.4) is 0 Å². The Morgan fingerprint density at radius 2 is 1.84 bits per heavy atom. The molecule has 2 amide bonds. The van der Waals surface area contributed by atoms with Crippen LogP contribution in [0, 0.1) is 0 Å². The number of aromatic nitrogens is 1. The first kappa shape index (κ1) is 17.7. The largest absolute Gasteiger partial charge is 0.369 e. The molecular formula is C18H25N5OS. The second-order valence-electron chi connectivity index (χ2n) is 7.15. The Balaban J connectivity index is 1.56. The maximum atomic E-state index is 12.2. The van der Waals surface area contributed by atoms with E-state index in [4.69, 9.17) is 0 Å². The number of benzene rings is 1. The van der Waals surface area contributed by atoms with Gasteiger partial charge in [0.05, 0.1) is 5.69 Å². The van der Waals surface area contributed by atoms with E-state index >= 15 is 0 Å². The lowest BCUT2D eigenvalue weighted by Gasteiger charge is -2.29. The molecule has 6 nitrogen and oxygen atoms in total. The van der Waals surface area contributed by atoms with Crippen LogP contribution in [0.4, 0.5) is 21.3 Å². The van der Waals surface area contributed by atoms with E-state index in [0.29, 0.717) is 5.13 Å². The molecule has 0 saturated carbocycles. The van der Waals surface area contributed by atoms with Crippen LogP contribution in [0.2, 0.25) is 0 Å². The molecule has 1 aliphatic rings. The molecule has 25 heavy (non-hydrogen) atoms. The van der Waals surface area contributed by atoms with E-state index in [1.165, 1.54) is 17.0 Å². The SMILES string of the molecule is CC(C)(C)c1csc(NC(=O)Nc2ccc(N3CCNCC3)cc2)n1. The minimum Gasteiger partial charge on any atom is -0.369 e. The summed E-state index contributed by atoms with van der Waals surface area (Å²) in [6, 6.07) is 7.67. The number of hydrogen-bond acceptors (Lipinski definition) is 5. The van der Waals surface area contributed by atoms with E-state index in [1.807, 2.05) is 29.6 Å². The van der Waals surface area contributed by atoms with Crippen LogP contribution < -0.4 is 20.9 Å². The maximum absolute atomic E-state index is 12.2. The molecule has 1 fully saturated rings. The van der Waals surface area contributed by atoms with Gasteiger partial charge in [0.25, 0.3) is 0 Å². The number of anilines is 3. The Morgan fingerprint density at radius 1 is 1.16 bits per heavy atom. The highest BCUT2D eigenvalue weighted by atomic mass is 32.1. The van der Waals surface area contributed by atoms with Crippen LogP contribution in [-0.4, -0.2) is 37.2 Å². The highest BCUT2D eigenvalue weighted by molar-refractivity contribution is 7.14. The number of urea groups is 1. The minimum absolute atomic E-state index is 0.0211. The van der Waals surface area contributed by atoms with E-state index in [2.05, 4.69) is 46.6 Å². The van der Waals surface area contributed by atoms with Gasteiger partial charge in [-0.15, -0.1) is 11.3 Å². The third kappa shape index (κ3) is 4.70. The predicted molar refractivity (Wildman–Crippen MR) is 105 cm³/mol. The molecule has 0 unspecified atom stereocenters. The monoisotopic (exact) mass is 359 g/mol. The molecule has 2 heterocycles. The standard InChI is InChI=1S/C18H25N5OS/c1-18(2,3)15-12-25-17(21-15)22-16(24)20-13-4-6-14(7-5-13)23-10-8-19-9-11-23/h4-7,12,19H,8-11H2,1-3H3,(H2,20,21,22,24). The van der Waals surface area contributed by atoms with Gasteiger partial charge in [0.15, 0.2) is 5.13 Å². The van der Waals surface area contributed by atoms with Crippen LogP contribution >= 0.6 is 11.3 Å². The molecule has 0 spiro atoms. The van der Waals surface area contributed by atoms with Gasteiger partial charge in [0.2, 0.25) is 0 Å². The van der Waals surface area contributed by atoms with Gasteiger partial charge in [0, 0.05) is 48.3 Å². The quantitative estimate of drug-likeness (QED) is 0.785. The van der Waals surface area contributed by atoms with Crippen molar-refractivity contribution in [3.05, 3.63) is 35.3 Å². The number of amides is 2. The van der Waals surface area contributed by atoms with Gasteiger partial charge in [-0.2, -0.15) is 0 Å². The number of nitrogens with zero attached hydrogens (tertiary/aromatic N) is 2. The van der Waals surface area contributed by atoms with Crippen molar-refractivity contribution < 1.29 is 4.79 Å². The average Bonchev–Trinajstić information content (AvgIpc) is 3.05. The van der Waals surface area contributed by atoms with Gasteiger partial charge in [-0.1, -0.05) is 20.8 Å². The summed E-state index contributed by atoms with van der Waals surface area (Å²) in [5, 5.41) is 11.6. The lowest BCUT2D eigenvalue weighted by atomic mass is 9.93. The maximum Gasteiger partial charge on any atom is 0.325 e. The fourth-order valence-corrected chi connectivity index (χ4v) is 3.55. The molecule has 1 aromatic heterocycles. The van der Waals surface area contributed by atoms with Crippen molar-refractivity contribution in [2.24, 2.45) is 0 Å². The van der Waals surface area contributed by atoms with Crippen molar-refractivity contribution in [3.8, 4) is 0 Å². The van der Waals surface area contributed by atoms with E-state index in [1.54, 1.807) is 0 Å². The van der Waals surface area contributed by atoms with Crippen molar-refractivity contribution in [1.29, 1.82) is 0 Å². The summed E-state index contributed by atoms with van der Waals surface area (Å²) in [6.07, 6.45) is 0. The molecule has 134 valence electrons. The summed E-state index contributed by atoms with van der Waals surface area (Å²) in [5.74, 6) is 0. The summed E-state index contributed by atoms with van der Waals surface area (Å²) in [4.78, 5) is 19.0. The van der Waals surface area contributed by atoms with Crippen molar-refractivity contribution in [1.82, 2.24) is 10.3 Å². The number of rotatable bonds is 3. The minimum atomic E-state index is -0.273. The number of carbonyl (C=O) groups excluding carboxylic acids is 1. The summed E-state index contributed by atoms with van der Waals surface area (Å²) >= 11 is 1.44. The summed E-state index contributed by atoms with van der Waals surface area (Å²) in [6.45, 7) is 10.3. The molecule has 0 radical (unpaired) electrons. The fourth-order valence-electron chi connectivity index (χ4n) is 2.61. The van der Waals surface area contributed by atoms with Crippen LogP contribution in [0.15, 0.2) is 29.6 Å². The van der Waals surface area contributed by atoms with E-state index in [-0.39, 0.29) is 11.4 Å². The molecule has 2 aromatic rings. The van der Waals surface area contributed by atoms with Crippen LogP contribution in [0.25, 0.3) is 0 Å². The number of hydrogen-bond donors (Lipinski definition) is 3. The van der Waals surface area contributed by atoms with Gasteiger partial charge in [-0.25, -0.2) is 9.78 Å². The van der Waals surface area contributed by atoms with Gasteiger partial charge in [-0.05, 0) is 24.3 Å². The zero-order valence-electron chi connectivity index (χ0n) is 14.9. The first-order chi connectivity index (χ1) is 11.9. The highest BCUT2D eigenvalue weighted by Gasteiger charge is 2.18. The average molecular weight is 359 g/mol. The number of thiazole rings is 1. The van der Waals surface area contributed by atoms with Gasteiger partial charge < -0.3 is 15.5 Å². The molecule has 1 saturated heterocycles. The molecule has 0 bridgehead atoms. The van der Waals surface area contributed by atoms with Crippen molar-refractivity contribution in [2.45, 2.75) is 26.2 Å². The second kappa shape index (κ2) is 7.41. The van der Waals surface area contributed by atoms with Crippen LogP contribution in [-0.2, 0) is 5.41 Å². The van der Waals surface area contributed by atoms with Gasteiger partial charge in [0.1, 0.15) is 0 Å². The summed E-state index contributed by atoms with van der Waals surface area (Å²) < 4.78 is 0. The van der Waals surface area contributed by atoms with Crippen LogP contribution in [0.1, 0.15) is 26.5 Å². The van der Waals surface area contributed by atoms with E-state index < -0.39 is 0 Å². The normalized spacial score (nSPS) is 15.1. The topological polar surface area (TPSA) is 69.3 Å².